The van der Waals surface area contributed by atoms with Crippen LogP contribution in [0.15, 0.2) is 76.2 Å². The lowest BCUT2D eigenvalue weighted by Crippen LogP contribution is -2.18. The molecular weight excluding hydrogens is 316 g/mol. The first kappa shape index (κ1) is 16.5. The van der Waals surface area contributed by atoms with E-state index < -0.39 is 0 Å². The molecule has 0 spiro atoms. The molecule has 0 saturated carbocycles. The molecule has 126 valence electrons. The highest BCUT2D eigenvalue weighted by Gasteiger charge is 2.11. The SMILES string of the molecule is Cc1ccc(/C=N/NC(=O)c2ccccc2OCc2ccccc2)o1. The Hall–Kier alpha value is -3.34. The normalized spacial score (nSPS) is 10.8. The van der Waals surface area contributed by atoms with Gasteiger partial charge in [-0.25, -0.2) is 5.43 Å². The maximum Gasteiger partial charge on any atom is 0.275 e. The molecule has 0 fully saturated rings. The summed E-state index contributed by atoms with van der Waals surface area (Å²) in [6.07, 6.45) is 1.46. The second-order valence-electron chi connectivity index (χ2n) is 5.42. The van der Waals surface area contributed by atoms with Crippen LogP contribution in [-0.4, -0.2) is 12.1 Å². The van der Waals surface area contributed by atoms with Gasteiger partial charge in [0.1, 0.15) is 23.9 Å². The molecule has 5 heteroatoms. The second kappa shape index (κ2) is 7.97. The lowest BCUT2D eigenvalue weighted by atomic mass is 10.2. The van der Waals surface area contributed by atoms with E-state index in [1.807, 2.05) is 49.4 Å². The van der Waals surface area contributed by atoms with Crippen molar-refractivity contribution in [3.8, 4) is 5.75 Å². The average molecular weight is 334 g/mol. The van der Waals surface area contributed by atoms with Crippen molar-refractivity contribution in [1.82, 2.24) is 5.43 Å². The zero-order chi connectivity index (χ0) is 17.5. The quantitative estimate of drug-likeness (QED) is 0.549. The summed E-state index contributed by atoms with van der Waals surface area (Å²) in [5.41, 5.74) is 3.94. The number of hydrogen-bond acceptors (Lipinski definition) is 4. The van der Waals surface area contributed by atoms with Crippen molar-refractivity contribution in [3.63, 3.8) is 0 Å². The van der Waals surface area contributed by atoms with E-state index in [1.54, 1.807) is 24.3 Å². The van der Waals surface area contributed by atoms with Gasteiger partial charge in [-0.1, -0.05) is 42.5 Å². The van der Waals surface area contributed by atoms with Gasteiger partial charge in [0.2, 0.25) is 0 Å². The number of amides is 1. The number of nitrogens with zero attached hydrogens (tertiary/aromatic N) is 1. The highest BCUT2D eigenvalue weighted by Crippen LogP contribution is 2.19. The maximum atomic E-state index is 12.3. The summed E-state index contributed by atoms with van der Waals surface area (Å²) < 4.78 is 11.1. The van der Waals surface area contributed by atoms with Crippen LogP contribution in [0.4, 0.5) is 0 Å². The Morgan fingerprint density at radius 1 is 1.08 bits per heavy atom. The van der Waals surface area contributed by atoms with Crippen LogP contribution < -0.4 is 10.2 Å². The van der Waals surface area contributed by atoms with E-state index in [0.717, 1.165) is 11.3 Å². The molecule has 1 N–H and O–H groups in total. The molecule has 25 heavy (non-hydrogen) atoms. The molecule has 0 atom stereocenters. The van der Waals surface area contributed by atoms with Crippen molar-refractivity contribution < 1.29 is 13.9 Å². The first-order valence-corrected chi connectivity index (χ1v) is 7.88. The fourth-order valence-electron chi connectivity index (χ4n) is 2.25. The Bertz CT molecular complexity index is 869. The molecule has 0 radical (unpaired) electrons. The molecule has 1 amide bonds. The first-order chi connectivity index (χ1) is 12.2. The molecule has 1 aromatic heterocycles. The van der Waals surface area contributed by atoms with Crippen LogP contribution >= 0.6 is 0 Å². The first-order valence-electron chi connectivity index (χ1n) is 7.88. The zero-order valence-corrected chi connectivity index (χ0v) is 13.8. The van der Waals surface area contributed by atoms with E-state index in [0.29, 0.717) is 23.7 Å². The Balaban J connectivity index is 1.65. The number of hydrazone groups is 1. The van der Waals surface area contributed by atoms with Gasteiger partial charge in [0.25, 0.3) is 5.91 Å². The Labute approximate surface area is 145 Å². The van der Waals surface area contributed by atoms with Gasteiger partial charge in [0, 0.05) is 0 Å². The van der Waals surface area contributed by atoms with Crippen LogP contribution in [-0.2, 0) is 6.61 Å². The van der Waals surface area contributed by atoms with E-state index in [4.69, 9.17) is 9.15 Å². The van der Waals surface area contributed by atoms with Crippen molar-refractivity contribution in [2.24, 2.45) is 5.10 Å². The fourth-order valence-corrected chi connectivity index (χ4v) is 2.25. The van der Waals surface area contributed by atoms with E-state index in [-0.39, 0.29) is 5.91 Å². The molecule has 0 aliphatic carbocycles. The molecule has 1 heterocycles. The van der Waals surface area contributed by atoms with Gasteiger partial charge in [-0.05, 0) is 36.8 Å². The lowest BCUT2D eigenvalue weighted by Gasteiger charge is -2.10. The van der Waals surface area contributed by atoms with Crippen molar-refractivity contribution in [2.75, 3.05) is 0 Å². The third kappa shape index (κ3) is 4.57. The highest BCUT2D eigenvalue weighted by molar-refractivity contribution is 5.97. The summed E-state index contributed by atoms with van der Waals surface area (Å²) in [5.74, 6) is 1.52. The number of ether oxygens (including phenoxy) is 1. The van der Waals surface area contributed by atoms with Gasteiger partial charge in [0.15, 0.2) is 0 Å². The third-order valence-corrected chi connectivity index (χ3v) is 3.49. The number of rotatable bonds is 6. The molecule has 0 aliphatic heterocycles. The molecule has 0 aliphatic rings. The van der Waals surface area contributed by atoms with Crippen molar-refractivity contribution in [1.29, 1.82) is 0 Å². The standard InChI is InChI=1S/C20H18N2O3/c1-15-11-12-17(25-15)13-21-22-20(23)18-9-5-6-10-19(18)24-14-16-7-3-2-4-8-16/h2-13H,14H2,1H3,(H,22,23)/b21-13+. The minimum absolute atomic E-state index is 0.344. The molecule has 0 bridgehead atoms. The summed E-state index contributed by atoms with van der Waals surface area (Å²) >= 11 is 0. The van der Waals surface area contributed by atoms with Crippen LogP contribution in [0.3, 0.4) is 0 Å². The van der Waals surface area contributed by atoms with Crippen LogP contribution in [0.1, 0.15) is 27.4 Å². The zero-order valence-electron chi connectivity index (χ0n) is 13.8. The van der Waals surface area contributed by atoms with Gasteiger partial charge >= 0.3 is 0 Å². The predicted octanol–water partition coefficient (Wildman–Crippen LogP) is 3.93. The number of hydrogen-bond donors (Lipinski definition) is 1. The fraction of sp³-hybridized carbons (Fsp3) is 0.100. The molecule has 5 nitrogen and oxygen atoms in total. The predicted molar refractivity (Wildman–Crippen MR) is 95.7 cm³/mol. The minimum Gasteiger partial charge on any atom is -0.488 e. The number of furan rings is 1. The third-order valence-electron chi connectivity index (χ3n) is 3.49. The van der Waals surface area contributed by atoms with E-state index >= 15 is 0 Å². The van der Waals surface area contributed by atoms with Crippen LogP contribution in [0, 0.1) is 6.92 Å². The van der Waals surface area contributed by atoms with Gasteiger partial charge in [-0.3, -0.25) is 4.79 Å². The van der Waals surface area contributed by atoms with Crippen molar-refractivity contribution in [2.45, 2.75) is 13.5 Å². The summed E-state index contributed by atoms with van der Waals surface area (Å²) in [6, 6.07) is 20.5. The number of aryl methyl sites for hydroxylation is 1. The van der Waals surface area contributed by atoms with E-state index in [9.17, 15) is 4.79 Å². The smallest absolute Gasteiger partial charge is 0.275 e. The summed E-state index contributed by atoms with van der Waals surface area (Å²) in [6.45, 7) is 2.23. The van der Waals surface area contributed by atoms with Crippen LogP contribution in [0.5, 0.6) is 5.75 Å². The molecular formula is C20H18N2O3. The Morgan fingerprint density at radius 3 is 2.60 bits per heavy atom. The van der Waals surface area contributed by atoms with Crippen molar-refractivity contribution >= 4 is 12.1 Å². The van der Waals surface area contributed by atoms with Crippen LogP contribution in [0.2, 0.25) is 0 Å². The molecule has 0 unspecified atom stereocenters. The van der Waals surface area contributed by atoms with Gasteiger partial charge in [-0.15, -0.1) is 0 Å². The second-order valence-corrected chi connectivity index (χ2v) is 5.42. The maximum absolute atomic E-state index is 12.3. The number of benzene rings is 2. The number of nitrogens with one attached hydrogen (secondary N) is 1. The Morgan fingerprint density at radius 2 is 1.84 bits per heavy atom. The molecule has 3 rings (SSSR count). The lowest BCUT2D eigenvalue weighted by molar-refractivity contribution is 0.0950. The summed E-state index contributed by atoms with van der Waals surface area (Å²) in [7, 11) is 0. The van der Waals surface area contributed by atoms with Gasteiger partial charge in [-0.2, -0.15) is 5.10 Å². The monoisotopic (exact) mass is 334 g/mol. The number of carbonyl (C=O) groups is 1. The topological polar surface area (TPSA) is 63.8 Å². The van der Waals surface area contributed by atoms with E-state index in [2.05, 4.69) is 10.5 Å². The number of para-hydroxylation sites is 1. The number of carbonyl (C=O) groups excluding carboxylic acids is 1. The van der Waals surface area contributed by atoms with Gasteiger partial charge in [0.05, 0.1) is 11.8 Å². The Kier molecular flexibility index (Phi) is 5.26. The van der Waals surface area contributed by atoms with Crippen molar-refractivity contribution in [3.05, 3.63) is 89.4 Å². The van der Waals surface area contributed by atoms with Gasteiger partial charge < -0.3 is 9.15 Å². The molecule has 3 aromatic rings. The largest absolute Gasteiger partial charge is 0.488 e. The summed E-state index contributed by atoms with van der Waals surface area (Å²) in [4.78, 5) is 12.3. The summed E-state index contributed by atoms with van der Waals surface area (Å²) in [5, 5.41) is 3.92. The highest BCUT2D eigenvalue weighted by atomic mass is 16.5. The molecule has 0 saturated heterocycles. The average Bonchev–Trinajstić information content (AvgIpc) is 3.06. The molecule has 2 aromatic carbocycles. The van der Waals surface area contributed by atoms with Crippen LogP contribution in [0.25, 0.3) is 0 Å². The minimum atomic E-state index is -0.344. The van der Waals surface area contributed by atoms with E-state index in [1.165, 1.54) is 6.21 Å².